The number of hydrogen-bond acceptors (Lipinski definition) is 2. The third-order valence-electron chi connectivity index (χ3n) is 5.73. The Bertz CT molecular complexity index is 300. The van der Waals surface area contributed by atoms with Crippen LogP contribution in [0, 0.1) is 16.2 Å². The Kier molecular flexibility index (Phi) is 2.60. The number of ether oxygens (including phenoxy) is 1. The van der Waals surface area contributed by atoms with Gasteiger partial charge in [-0.05, 0) is 37.5 Å². The maximum Gasteiger partial charge on any atom is 0.312 e. The molecule has 2 aliphatic carbocycles. The molecule has 2 aliphatic rings. The number of esters is 1. The second kappa shape index (κ2) is 3.48. The van der Waals surface area contributed by atoms with E-state index in [9.17, 15) is 4.79 Å². The fourth-order valence-corrected chi connectivity index (χ4v) is 4.31. The minimum absolute atomic E-state index is 0.0295. The van der Waals surface area contributed by atoms with E-state index in [1.54, 1.807) is 0 Å². The third kappa shape index (κ3) is 1.11. The highest BCUT2D eigenvalue weighted by atomic mass is 16.5. The lowest BCUT2D eigenvalue weighted by Gasteiger charge is -2.26. The van der Waals surface area contributed by atoms with E-state index in [0.29, 0.717) is 6.61 Å². The molecule has 0 radical (unpaired) electrons. The lowest BCUT2D eigenvalue weighted by atomic mass is 9.79. The van der Waals surface area contributed by atoms with Crippen molar-refractivity contribution in [1.82, 2.24) is 0 Å². The summed E-state index contributed by atoms with van der Waals surface area (Å²) >= 11 is 0. The lowest BCUT2D eigenvalue weighted by molar-refractivity contribution is -0.151. The molecule has 2 heteroatoms. The first-order valence-corrected chi connectivity index (χ1v) is 6.61. The van der Waals surface area contributed by atoms with Crippen LogP contribution in [0.15, 0.2) is 0 Å². The summed E-state index contributed by atoms with van der Waals surface area (Å²) in [5.74, 6) is 0.0295. The summed E-state index contributed by atoms with van der Waals surface area (Å²) in [6.45, 7) is 9.01. The van der Waals surface area contributed by atoms with Gasteiger partial charge in [-0.3, -0.25) is 4.79 Å². The fourth-order valence-electron chi connectivity index (χ4n) is 4.31. The molecule has 0 aromatic carbocycles. The van der Waals surface area contributed by atoms with Crippen LogP contribution in [0.3, 0.4) is 0 Å². The molecule has 1 atom stereocenters. The first-order chi connectivity index (χ1) is 7.44. The Morgan fingerprint density at radius 2 is 1.69 bits per heavy atom. The predicted molar refractivity (Wildman–Crippen MR) is 64.0 cm³/mol. The van der Waals surface area contributed by atoms with Crippen LogP contribution in [-0.4, -0.2) is 12.6 Å². The molecule has 16 heavy (non-hydrogen) atoms. The molecule has 0 N–H and O–H groups in total. The highest BCUT2D eigenvalue weighted by molar-refractivity contribution is 5.83. The summed E-state index contributed by atoms with van der Waals surface area (Å²) in [5, 5.41) is 0. The molecule has 92 valence electrons. The Labute approximate surface area is 98.7 Å². The van der Waals surface area contributed by atoms with Crippen molar-refractivity contribution in [3.63, 3.8) is 0 Å². The topological polar surface area (TPSA) is 26.3 Å². The van der Waals surface area contributed by atoms with Crippen LogP contribution < -0.4 is 0 Å². The van der Waals surface area contributed by atoms with E-state index in [1.807, 2.05) is 6.92 Å². The molecule has 2 fully saturated rings. The number of rotatable bonds is 2. The van der Waals surface area contributed by atoms with Crippen LogP contribution in [0.4, 0.5) is 0 Å². The monoisotopic (exact) mass is 224 g/mol. The minimum Gasteiger partial charge on any atom is -0.466 e. The van der Waals surface area contributed by atoms with Crippen molar-refractivity contribution in [2.75, 3.05) is 6.61 Å². The molecule has 0 aromatic heterocycles. The number of carbonyl (C=O) groups is 1. The molecule has 0 heterocycles. The van der Waals surface area contributed by atoms with Crippen molar-refractivity contribution < 1.29 is 9.53 Å². The summed E-state index contributed by atoms with van der Waals surface area (Å²) in [6.07, 6.45) is 6.29. The standard InChI is InChI=1S/C14H24O2/c1-5-16-11(15)13(4)12(2,3)14(13)9-7-6-8-10-14/h5-10H2,1-4H3. The van der Waals surface area contributed by atoms with Gasteiger partial charge >= 0.3 is 5.97 Å². The van der Waals surface area contributed by atoms with Crippen LogP contribution in [0.2, 0.25) is 0 Å². The highest BCUT2D eigenvalue weighted by Crippen LogP contribution is 2.82. The van der Waals surface area contributed by atoms with Gasteiger partial charge in [0.1, 0.15) is 0 Å². The van der Waals surface area contributed by atoms with Crippen LogP contribution >= 0.6 is 0 Å². The maximum atomic E-state index is 12.2. The highest BCUT2D eigenvalue weighted by Gasteiger charge is 2.82. The fraction of sp³-hybridized carbons (Fsp3) is 0.929. The molecular formula is C14H24O2. The van der Waals surface area contributed by atoms with Crippen LogP contribution in [0.25, 0.3) is 0 Å². The molecule has 0 amide bonds. The summed E-state index contributed by atoms with van der Waals surface area (Å²) in [7, 11) is 0. The molecule has 2 saturated carbocycles. The zero-order chi connectivity index (χ0) is 12.0. The van der Waals surface area contributed by atoms with Gasteiger partial charge in [-0.25, -0.2) is 0 Å². The van der Waals surface area contributed by atoms with Gasteiger partial charge < -0.3 is 4.74 Å². The summed E-state index contributed by atoms with van der Waals surface area (Å²) < 4.78 is 5.29. The van der Waals surface area contributed by atoms with E-state index in [2.05, 4.69) is 20.8 Å². The van der Waals surface area contributed by atoms with Crippen molar-refractivity contribution in [2.24, 2.45) is 16.2 Å². The molecular weight excluding hydrogens is 200 g/mol. The average Bonchev–Trinajstić information content (AvgIpc) is 2.62. The first kappa shape index (κ1) is 11.9. The second-order valence-electron chi connectivity index (χ2n) is 6.11. The van der Waals surface area contributed by atoms with Gasteiger partial charge in [0.25, 0.3) is 0 Å². The van der Waals surface area contributed by atoms with Crippen LogP contribution in [-0.2, 0) is 9.53 Å². The van der Waals surface area contributed by atoms with E-state index >= 15 is 0 Å². The molecule has 0 bridgehead atoms. The summed E-state index contributed by atoms with van der Waals surface area (Å²) in [6, 6.07) is 0. The zero-order valence-electron chi connectivity index (χ0n) is 11.1. The maximum absolute atomic E-state index is 12.2. The largest absolute Gasteiger partial charge is 0.466 e. The third-order valence-corrected chi connectivity index (χ3v) is 5.73. The zero-order valence-corrected chi connectivity index (χ0v) is 11.1. The average molecular weight is 224 g/mol. The van der Waals surface area contributed by atoms with Crippen LogP contribution in [0.5, 0.6) is 0 Å². The summed E-state index contributed by atoms with van der Waals surface area (Å²) in [5.41, 5.74) is 0.105. The molecule has 0 saturated heterocycles. The molecule has 1 unspecified atom stereocenters. The Balaban J connectivity index is 2.25. The van der Waals surface area contributed by atoms with Gasteiger partial charge in [-0.1, -0.05) is 33.1 Å². The predicted octanol–water partition coefficient (Wildman–Crippen LogP) is 3.55. The van der Waals surface area contributed by atoms with E-state index in [0.717, 1.165) is 0 Å². The quantitative estimate of drug-likeness (QED) is 0.670. The summed E-state index contributed by atoms with van der Waals surface area (Å²) in [4.78, 5) is 12.2. The number of hydrogen-bond donors (Lipinski definition) is 0. The van der Waals surface area contributed by atoms with E-state index < -0.39 is 0 Å². The van der Waals surface area contributed by atoms with Crippen molar-refractivity contribution in [2.45, 2.75) is 59.8 Å². The Morgan fingerprint density at radius 1 is 1.12 bits per heavy atom. The molecule has 1 spiro atoms. The Hall–Kier alpha value is -0.530. The smallest absolute Gasteiger partial charge is 0.312 e. The molecule has 0 aromatic rings. The van der Waals surface area contributed by atoms with Gasteiger partial charge in [0.2, 0.25) is 0 Å². The van der Waals surface area contributed by atoms with Crippen molar-refractivity contribution in [3.8, 4) is 0 Å². The van der Waals surface area contributed by atoms with Crippen molar-refractivity contribution in [3.05, 3.63) is 0 Å². The van der Waals surface area contributed by atoms with Gasteiger partial charge in [-0.15, -0.1) is 0 Å². The van der Waals surface area contributed by atoms with Gasteiger partial charge in [0, 0.05) is 0 Å². The van der Waals surface area contributed by atoms with Crippen molar-refractivity contribution in [1.29, 1.82) is 0 Å². The number of carbonyl (C=O) groups excluding carboxylic acids is 1. The minimum atomic E-state index is -0.240. The lowest BCUT2D eigenvalue weighted by Crippen LogP contribution is -2.25. The van der Waals surface area contributed by atoms with E-state index in [-0.39, 0.29) is 22.2 Å². The van der Waals surface area contributed by atoms with Gasteiger partial charge in [-0.2, -0.15) is 0 Å². The normalized spacial score (nSPS) is 34.8. The molecule has 0 aliphatic heterocycles. The first-order valence-electron chi connectivity index (χ1n) is 6.61. The van der Waals surface area contributed by atoms with E-state index in [4.69, 9.17) is 4.74 Å². The van der Waals surface area contributed by atoms with Crippen LogP contribution in [0.1, 0.15) is 59.8 Å². The van der Waals surface area contributed by atoms with Gasteiger partial charge in [0.05, 0.1) is 12.0 Å². The molecule has 2 nitrogen and oxygen atoms in total. The van der Waals surface area contributed by atoms with Gasteiger partial charge in [0.15, 0.2) is 0 Å². The van der Waals surface area contributed by atoms with E-state index in [1.165, 1.54) is 32.1 Å². The Morgan fingerprint density at radius 3 is 2.19 bits per heavy atom. The molecule has 2 rings (SSSR count). The van der Waals surface area contributed by atoms with Crippen molar-refractivity contribution >= 4 is 5.97 Å². The second-order valence-corrected chi connectivity index (χ2v) is 6.11. The SMILES string of the molecule is CCOC(=O)C1(C)C(C)(C)C12CCCCC2.